The van der Waals surface area contributed by atoms with Crippen LogP contribution < -0.4 is 5.32 Å². The number of aryl methyl sites for hydroxylation is 1. The summed E-state index contributed by atoms with van der Waals surface area (Å²) in [4.78, 5) is 23.5. The Kier molecular flexibility index (Phi) is 6.40. The van der Waals surface area contributed by atoms with Gasteiger partial charge in [-0.2, -0.15) is 0 Å². The van der Waals surface area contributed by atoms with Crippen LogP contribution in [0.25, 0.3) is 0 Å². The van der Waals surface area contributed by atoms with Crippen LogP contribution in [0.5, 0.6) is 0 Å². The Morgan fingerprint density at radius 2 is 1.81 bits per heavy atom. The number of nitrogens with one attached hydrogen (secondary N) is 1. The van der Waals surface area contributed by atoms with Crippen molar-refractivity contribution in [3.8, 4) is 0 Å². The molecule has 0 unspecified atom stereocenters. The van der Waals surface area contributed by atoms with E-state index in [0.717, 1.165) is 12.8 Å². The second-order valence-electron chi connectivity index (χ2n) is 6.17. The fourth-order valence-corrected chi connectivity index (χ4v) is 1.89. The number of hydrogen-bond donors (Lipinski definition) is 1. The SMILES string of the molecule is C[C@H](NC(=O)OC(C)(C)C)C(=O)CCCc1ccccc1. The molecule has 0 spiro atoms. The van der Waals surface area contributed by atoms with Crippen molar-refractivity contribution in [2.75, 3.05) is 0 Å². The summed E-state index contributed by atoms with van der Waals surface area (Å²) in [5.74, 6) is 0.0248. The van der Waals surface area contributed by atoms with Crippen LogP contribution in [0, 0.1) is 0 Å². The van der Waals surface area contributed by atoms with Crippen LogP contribution in [0.3, 0.4) is 0 Å². The number of benzene rings is 1. The highest BCUT2D eigenvalue weighted by atomic mass is 16.6. The second-order valence-corrected chi connectivity index (χ2v) is 6.17. The molecule has 116 valence electrons. The molecule has 0 aliphatic rings. The predicted molar refractivity (Wildman–Crippen MR) is 83.2 cm³/mol. The summed E-state index contributed by atoms with van der Waals surface area (Å²) < 4.78 is 5.13. The fraction of sp³-hybridized carbons (Fsp3) is 0.529. The van der Waals surface area contributed by atoms with Gasteiger partial charge in [0, 0.05) is 6.42 Å². The van der Waals surface area contributed by atoms with Gasteiger partial charge < -0.3 is 10.1 Å². The molecule has 1 amide bonds. The number of rotatable bonds is 6. The monoisotopic (exact) mass is 291 g/mol. The van der Waals surface area contributed by atoms with Gasteiger partial charge in [0.1, 0.15) is 5.60 Å². The van der Waals surface area contributed by atoms with Gasteiger partial charge in [-0.15, -0.1) is 0 Å². The third-order valence-corrected chi connectivity index (χ3v) is 2.95. The zero-order valence-corrected chi connectivity index (χ0v) is 13.3. The number of ether oxygens (including phenoxy) is 1. The van der Waals surface area contributed by atoms with E-state index in [0.29, 0.717) is 6.42 Å². The van der Waals surface area contributed by atoms with Crippen LogP contribution in [0.2, 0.25) is 0 Å². The molecular formula is C17H25NO3. The third-order valence-electron chi connectivity index (χ3n) is 2.95. The topological polar surface area (TPSA) is 55.4 Å². The van der Waals surface area contributed by atoms with Gasteiger partial charge in [-0.05, 0) is 46.1 Å². The quantitative estimate of drug-likeness (QED) is 0.873. The molecule has 0 aliphatic carbocycles. The molecule has 1 N–H and O–H groups in total. The van der Waals surface area contributed by atoms with Crippen LogP contribution in [0.1, 0.15) is 46.1 Å². The minimum Gasteiger partial charge on any atom is -0.444 e. The molecule has 0 saturated carbocycles. The molecule has 21 heavy (non-hydrogen) atoms. The van der Waals surface area contributed by atoms with Crippen LogP contribution in [-0.2, 0) is 16.0 Å². The highest BCUT2D eigenvalue weighted by Crippen LogP contribution is 2.08. The van der Waals surface area contributed by atoms with E-state index in [9.17, 15) is 9.59 Å². The molecule has 1 rings (SSSR count). The minimum absolute atomic E-state index is 0.0248. The smallest absolute Gasteiger partial charge is 0.408 e. The fourth-order valence-electron chi connectivity index (χ4n) is 1.89. The van der Waals surface area contributed by atoms with Gasteiger partial charge in [0.05, 0.1) is 6.04 Å². The Hall–Kier alpha value is -1.84. The molecule has 0 aromatic heterocycles. The summed E-state index contributed by atoms with van der Waals surface area (Å²) in [7, 11) is 0. The third kappa shape index (κ3) is 7.49. The first-order valence-electron chi connectivity index (χ1n) is 7.34. The normalized spacial score (nSPS) is 12.6. The molecule has 0 heterocycles. The second kappa shape index (κ2) is 7.81. The predicted octanol–water partition coefficient (Wildman–Crippen LogP) is 3.49. The summed E-state index contributed by atoms with van der Waals surface area (Å²) in [6.07, 6.45) is 1.55. The maximum atomic E-state index is 12.0. The van der Waals surface area contributed by atoms with Gasteiger partial charge >= 0.3 is 6.09 Å². The highest BCUT2D eigenvalue weighted by molar-refractivity contribution is 5.87. The Labute approximate surface area is 126 Å². The molecular weight excluding hydrogens is 266 g/mol. The lowest BCUT2D eigenvalue weighted by Crippen LogP contribution is -2.41. The average molecular weight is 291 g/mol. The lowest BCUT2D eigenvalue weighted by molar-refractivity contribution is -0.120. The highest BCUT2D eigenvalue weighted by Gasteiger charge is 2.20. The van der Waals surface area contributed by atoms with Gasteiger partial charge in [0.25, 0.3) is 0 Å². The summed E-state index contributed by atoms with van der Waals surface area (Å²) in [6.45, 7) is 7.06. The van der Waals surface area contributed by atoms with Gasteiger partial charge in [-0.25, -0.2) is 4.79 Å². The van der Waals surface area contributed by atoms with Crippen molar-refractivity contribution >= 4 is 11.9 Å². The van der Waals surface area contributed by atoms with Crippen molar-refractivity contribution < 1.29 is 14.3 Å². The van der Waals surface area contributed by atoms with Crippen LogP contribution >= 0.6 is 0 Å². The first kappa shape index (κ1) is 17.2. The van der Waals surface area contributed by atoms with Crippen LogP contribution in [0.4, 0.5) is 4.79 Å². The molecule has 1 aromatic rings. The number of carbonyl (C=O) groups is 2. The summed E-state index contributed by atoms with van der Waals surface area (Å²) in [5, 5.41) is 2.57. The van der Waals surface area contributed by atoms with Crippen molar-refractivity contribution in [3.05, 3.63) is 35.9 Å². The van der Waals surface area contributed by atoms with Gasteiger partial charge in [-0.1, -0.05) is 30.3 Å². The zero-order valence-electron chi connectivity index (χ0n) is 13.3. The Morgan fingerprint density at radius 3 is 2.38 bits per heavy atom. The van der Waals surface area contributed by atoms with Crippen molar-refractivity contribution in [3.63, 3.8) is 0 Å². The molecule has 0 fully saturated rings. The standard InChI is InChI=1S/C17H25NO3/c1-13(18-16(20)21-17(2,3)4)15(19)12-8-11-14-9-6-5-7-10-14/h5-7,9-10,13H,8,11-12H2,1-4H3,(H,18,20)/t13-/m0/s1. The Morgan fingerprint density at radius 1 is 1.19 bits per heavy atom. The molecule has 4 heteroatoms. The lowest BCUT2D eigenvalue weighted by atomic mass is 10.0. The molecule has 0 aliphatic heterocycles. The Bertz CT molecular complexity index is 463. The lowest BCUT2D eigenvalue weighted by Gasteiger charge is -2.21. The number of alkyl carbamates (subject to hydrolysis) is 1. The zero-order chi connectivity index (χ0) is 15.9. The van der Waals surface area contributed by atoms with Crippen molar-refractivity contribution in [1.82, 2.24) is 5.32 Å². The first-order chi connectivity index (χ1) is 9.78. The van der Waals surface area contributed by atoms with Crippen molar-refractivity contribution in [2.24, 2.45) is 0 Å². The van der Waals surface area contributed by atoms with Gasteiger partial charge in [0.2, 0.25) is 0 Å². The van der Waals surface area contributed by atoms with Gasteiger partial charge in [0.15, 0.2) is 5.78 Å². The van der Waals surface area contributed by atoms with Gasteiger partial charge in [-0.3, -0.25) is 4.79 Å². The van der Waals surface area contributed by atoms with E-state index in [1.807, 2.05) is 30.3 Å². The maximum Gasteiger partial charge on any atom is 0.408 e. The van der Waals surface area contributed by atoms with E-state index in [-0.39, 0.29) is 5.78 Å². The minimum atomic E-state index is -0.555. The number of ketones is 1. The number of amides is 1. The molecule has 1 aromatic carbocycles. The molecule has 4 nitrogen and oxygen atoms in total. The van der Waals surface area contributed by atoms with E-state index < -0.39 is 17.7 Å². The van der Waals surface area contributed by atoms with E-state index in [2.05, 4.69) is 5.32 Å². The summed E-state index contributed by atoms with van der Waals surface area (Å²) in [5.41, 5.74) is 0.665. The molecule has 0 radical (unpaired) electrons. The van der Waals surface area contributed by atoms with Crippen molar-refractivity contribution in [1.29, 1.82) is 0 Å². The van der Waals surface area contributed by atoms with E-state index in [1.165, 1.54) is 5.56 Å². The molecule has 1 atom stereocenters. The summed E-state index contributed by atoms with van der Waals surface area (Å²) in [6, 6.07) is 9.53. The summed E-state index contributed by atoms with van der Waals surface area (Å²) >= 11 is 0. The molecule has 0 saturated heterocycles. The average Bonchev–Trinajstić information content (AvgIpc) is 2.37. The number of hydrogen-bond acceptors (Lipinski definition) is 3. The Balaban J connectivity index is 2.29. The number of Topliss-reactive ketones (excluding diaryl/α,β-unsaturated/α-hetero) is 1. The van der Waals surface area contributed by atoms with Crippen LogP contribution in [0.15, 0.2) is 30.3 Å². The first-order valence-corrected chi connectivity index (χ1v) is 7.34. The largest absolute Gasteiger partial charge is 0.444 e. The van der Waals surface area contributed by atoms with E-state index in [1.54, 1.807) is 27.7 Å². The van der Waals surface area contributed by atoms with Crippen molar-refractivity contribution in [2.45, 2.75) is 58.6 Å². The maximum absolute atomic E-state index is 12.0. The van der Waals surface area contributed by atoms with E-state index >= 15 is 0 Å². The molecule has 0 bridgehead atoms. The number of carbonyl (C=O) groups excluding carboxylic acids is 2. The van der Waals surface area contributed by atoms with Crippen LogP contribution in [-0.4, -0.2) is 23.5 Å². The van der Waals surface area contributed by atoms with E-state index in [4.69, 9.17) is 4.74 Å².